The van der Waals surface area contributed by atoms with E-state index in [0.717, 1.165) is 12.0 Å². The molecule has 1 aliphatic heterocycles. The Kier molecular flexibility index (Phi) is 2.66. The van der Waals surface area contributed by atoms with E-state index >= 15 is 0 Å². The maximum Gasteiger partial charge on any atom is 0.127 e. The second-order valence-electron chi connectivity index (χ2n) is 5.50. The minimum absolute atomic E-state index is 0.0155. The van der Waals surface area contributed by atoms with E-state index in [1.165, 1.54) is 12.1 Å². The Morgan fingerprint density at radius 3 is 2.69 bits per heavy atom. The van der Waals surface area contributed by atoms with Crippen LogP contribution in [0.15, 0.2) is 18.2 Å². The molecule has 2 atom stereocenters. The first-order valence-electron chi connectivity index (χ1n) is 5.59. The second-order valence-corrected chi connectivity index (χ2v) is 5.50. The number of rotatable bonds is 0. The van der Waals surface area contributed by atoms with Crippen molar-refractivity contribution in [3.63, 3.8) is 0 Å². The van der Waals surface area contributed by atoms with Crippen molar-refractivity contribution in [1.82, 2.24) is 0 Å². The Balaban J connectivity index is 2.35. The topological polar surface area (TPSA) is 35.2 Å². The minimum atomic E-state index is -0.277. The summed E-state index contributed by atoms with van der Waals surface area (Å²) in [6, 6.07) is 4.51. The molecule has 2 nitrogen and oxygen atoms in total. The third kappa shape index (κ3) is 2.05. The summed E-state index contributed by atoms with van der Waals surface area (Å²) in [5.74, 6) is 0.319. The second kappa shape index (κ2) is 3.74. The third-order valence-electron chi connectivity index (χ3n) is 3.08. The van der Waals surface area contributed by atoms with Crippen LogP contribution in [0.1, 0.15) is 38.8 Å². The van der Waals surface area contributed by atoms with Gasteiger partial charge in [-0.15, -0.1) is 0 Å². The number of benzene rings is 1. The maximum atomic E-state index is 13.1. The van der Waals surface area contributed by atoms with Gasteiger partial charge in [0.05, 0.1) is 0 Å². The van der Waals surface area contributed by atoms with E-state index in [1.807, 2.05) is 0 Å². The first kappa shape index (κ1) is 11.4. The largest absolute Gasteiger partial charge is 0.489 e. The van der Waals surface area contributed by atoms with Gasteiger partial charge < -0.3 is 10.5 Å². The molecule has 2 N–H and O–H groups in total. The first-order chi connectivity index (χ1) is 7.38. The first-order valence-corrected chi connectivity index (χ1v) is 5.59. The van der Waals surface area contributed by atoms with E-state index in [-0.39, 0.29) is 23.4 Å². The minimum Gasteiger partial charge on any atom is -0.489 e. The van der Waals surface area contributed by atoms with Crippen LogP contribution in [0.5, 0.6) is 5.75 Å². The van der Waals surface area contributed by atoms with Crippen LogP contribution in [0.3, 0.4) is 0 Å². The van der Waals surface area contributed by atoms with E-state index < -0.39 is 0 Å². The van der Waals surface area contributed by atoms with Crippen molar-refractivity contribution in [1.29, 1.82) is 0 Å². The lowest BCUT2D eigenvalue weighted by atomic mass is 9.82. The molecular weight excluding hydrogens is 205 g/mol. The Morgan fingerprint density at radius 2 is 2.06 bits per heavy atom. The van der Waals surface area contributed by atoms with Gasteiger partial charge in [0.1, 0.15) is 17.7 Å². The SMILES string of the molecule is CC(C)(C)C1CC(N)c2ccc(F)cc2O1. The van der Waals surface area contributed by atoms with Crippen molar-refractivity contribution in [2.24, 2.45) is 11.1 Å². The molecule has 0 spiro atoms. The molecule has 0 saturated heterocycles. The van der Waals surface area contributed by atoms with Crippen LogP contribution in [0, 0.1) is 11.2 Å². The van der Waals surface area contributed by atoms with E-state index in [2.05, 4.69) is 20.8 Å². The Morgan fingerprint density at radius 1 is 1.38 bits per heavy atom. The molecule has 88 valence electrons. The predicted octanol–water partition coefficient (Wildman–Crippen LogP) is 3.02. The average molecular weight is 223 g/mol. The molecule has 3 heteroatoms. The van der Waals surface area contributed by atoms with Gasteiger partial charge in [0.2, 0.25) is 0 Å². The zero-order chi connectivity index (χ0) is 11.9. The van der Waals surface area contributed by atoms with E-state index in [4.69, 9.17) is 10.5 Å². The van der Waals surface area contributed by atoms with E-state index in [1.54, 1.807) is 6.07 Å². The molecule has 0 fully saturated rings. The summed E-state index contributed by atoms with van der Waals surface area (Å²) in [5.41, 5.74) is 7.00. The predicted molar refractivity (Wildman–Crippen MR) is 61.8 cm³/mol. The van der Waals surface area contributed by atoms with Gasteiger partial charge in [0.25, 0.3) is 0 Å². The molecule has 0 radical (unpaired) electrons. The molecule has 2 unspecified atom stereocenters. The zero-order valence-electron chi connectivity index (χ0n) is 9.96. The molecule has 1 aliphatic rings. The van der Waals surface area contributed by atoms with Gasteiger partial charge in [-0.25, -0.2) is 4.39 Å². The number of fused-ring (bicyclic) bond motifs is 1. The fourth-order valence-electron chi connectivity index (χ4n) is 2.01. The van der Waals surface area contributed by atoms with E-state index in [0.29, 0.717) is 5.75 Å². The van der Waals surface area contributed by atoms with Crippen LogP contribution in [-0.4, -0.2) is 6.10 Å². The summed E-state index contributed by atoms with van der Waals surface area (Å²) in [7, 11) is 0. The van der Waals surface area contributed by atoms with Gasteiger partial charge in [-0.1, -0.05) is 26.8 Å². The highest BCUT2D eigenvalue weighted by Gasteiger charge is 2.34. The van der Waals surface area contributed by atoms with Crippen LogP contribution in [0.4, 0.5) is 4.39 Å². The lowest BCUT2D eigenvalue weighted by Crippen LogP contribution is -2.38. The average Bonchev–Trinajstić information content (AvgIpc) is 2.15. The highest BCUT2D eigenvalue weighted by Crippen LogP contribution is 2.39. The number of ether oxygens (including phenoxy) is 1. The number of hydrogen-bond donors (Lipinski definition) is 1. The van der Waals surface area contributed by atoms with Crippen molar-refractivity contribution in [3.8, 4) is 5.75 Å². The number of halogens is 1. The van der Waals surface area contributed by atoms with Crippen LogP contribution in [0.25, 0.3) is 0 Å². The molecule has 1 aromatic rings. The Labute approximate surface area is 95.6 Å². The number of nitrogens with two attached hydrogens (primary N) is 1. The van der Waals surface area contributed by atoms with Crippen molar-refractivity contribution in [2.75, 3.05) is 0 Å². The Hall–Kier alpha value is -1.09. The molecule has 2 rings (SSSR count). The summed E-state index contributed by atoms with van der Waals surface area (Å²) in [5, 5.41) is 0. The molecule has 1 aromatic carbocycles. The fraction of sp³-hybridized carbons (Fsp3) is 0.538. The van der Waals surface area contributed by atoms with Gasteiger partial charge in [0, 0.05) is 24.1 Å². The van der Waals surface area contributed by atoms with Crippen LogP contribution < -0.4 is 10.5 Å². The van der Waals surface area contributed by atoms with Gasteiger partial charge in [0.15, 0.2) is 0 Å². The fourth-order valence-corrected chi connectivity index (χ4v) is 2.01. The maximum absolute atomic E-state index is 13.1. The van der Waals surface area contributed by atoms with Gasteiger partial charge in [-0.2, -0.15) is 0 Å². The molecule has 0 amide bonds. The van der Waals surface area contributed by atoms with Gasteiger partial charge in [-0.05, 0) is 11.5 Å². The van der Waals surface area contributed by atoms with Gasteiger partial charge in [-0.3, -0.25) is 0 Å². The van der Waals surface area contributed by atoms with Crippen molar-refractivity contribution >= 4 is 0 Å². The lowest BCUT2D eigenvalue weighted by molar-refractivity contribution is 0.0577. The molecular formula is C13H18FNO. The highest BCUT2D eigenvalue weighted by molar-refractivity contribution is 5.38. The smallest absolute Gasteiger partial charge is 0.127 e. The third-order valence-corrected chi connectivity index (χ3v) is 3.08. The normalized spacial score (nSPS) is 24.8. The number of hydrogen-bond acceptors (Lipinski definition) is 2. The molecule has 16 heavy (non-hydrogen) atoms. The molecule has 1 heterocycles. The summed E-state index contributed by atoms with van der Waals surface area (Å²) in [6.45, 7) is 6.32. The molecule has 0 aliphatic carbocycles. The van der Waals surface area contributed by atoms with Crippen molar-refractivity contribution < 1.29 is 9.13 Å². The van der Waals surface area contributed by atoms with E-state index in [9.17, 15) is 4.39 Å². The molecule has 0 bridgehead atoms. The Bertz CT molecular complexity index is 397. The van der Waals surface area contributed by atoms with Crippen LogP contribution in [0.2, 0.25) is 0 Å². The molecule has 0 aromatic heterocycles. The summed E-state index contributed by atoms with van der Waals surface area (Å²) in [4.78, 5) is 0. The van der Waals surface area contributed by atoms with Crippen molar-refractivity contribution in [2.45, 2.75) is 39.3 Å². The van der Waals surface area contributed by atoms with Crippen LogP contribution >= 0.6 is 0 Å². The summed E-state index contributed by atoms with van der Waals surface area (Å²) < 4.78 is 19.0. The highest BCUT2D eigenvalue weighted by atomic mass is 19.1. The monoisotopic (exact) mass is 223 g/mol. The van der Waals surface area contributed by atoms with Crippen LogP contribution in [-0.2, 0) is 0 Å². The summed E-state index contributed by atoms with van der Waals surface area (Å²) in [6.07, 6.45) is 0.819. The lowest BCUT2D eigenvalue weighted by Gasteiger charge is -2.37. The molecule has 0 saturated carbocycles. The standard InChI is InChI=1S/C13H18FNO/c1-13(2,3)12-7-10(15)9-5-4-8(14)6-11(9)16-12/h4-6,10,12H,7,15H2,1-3H3. The zero-order valence-corrected chi connectivity index (χ0v) is 9.96. The summed E-state index contributed by atoms with van der Waals surface area (Å²) >= 11 is 0. The quantitative estimate of drug-likeness (QED) is 0.733. The van der Waals surface area contributed by atoms with Gasteiger partial charge >= 0.3 is 0 Å². The van der Waals surface area contributed by atoms with Crippen molar-refractivity contribution in [3.05, 3.63) is 29.6 Å².